The monoisotopic (exact) mass is 512 g/mol. The summed E-state index contributed by atoms with van der Waals surface area (Å²) in [6.07, 6.45) is 2.57. The highest BCUT2D eigenvalue weighted by Crippen LogP contribution is 2.28. The molecule has 32 heavy (non-hydrogen) atoms. The lowest BCUT2D eigenvalue weighted by molar-refractivity contribution is -0.118. The van der Waals surface area contributed by atoms with Gasteiger partial charge < -0.3 is 15.5 Å². The zero-order valence-corrected chi connectivity index (χ0v) is 21.3. The maximum atomic E-state index is 12.2. The van der Waals surface area contributed by atoms with Gasteiger partial charge in [-0.15, -0.1) is 0 Å². The van der Waals surface area contributed by atoms with E-state index < -0.39 is 0 Å². The quantitative estimate of drug-likeness (QED) is 0.278. The maximum absolute atomic E-state index is 12.2. The molecule has 2 aromatic heterocycles. The maximum Gasteiger partial charge on any atom is 0.230 e. The van der Waals surface area contributed by atoms with E-state index in [0.717, 1.165) is 39.8 Å². The Morgan fingerprint density at radius 1 is 1.25 bits per heavy atom. The Bertz CT molecular complexity index is 1060. The summed E-state index contributed by atoms with van der Waals surface area (Å²) in [6.45, 7) is 6.33. The number of nitrogens with zero attached hydrogens (tertiary/aromatic N) is 4. The van der Waals surface area contributed by atoms with Gasteiger partial charge in [0.05, 0.1) is 22.0 Å². The van der Waals surface area contributed by atoms with Crippen LogP contribution in [0.3, 0.4) is 0 Å². The largest absolute Gasteiger partial charge is 0.355 e. The minimum atomic E-state index is -0.00496. The van der Waals surface area contributed by atoms with Crippen molar-refractivity contribution >= 4 is 68.5 Å². The Morgan fingerprint density at radius 3 is 2.81 bits per heavy atom. The summed E-state index contributed by atoms with van der Waals surface area (Å²) in [7, 11) is 2.04. The molecule has 3 rings (SSSR count). The van der Waals surface area contributed by atoms with Gasteiger partial charge in [0.15, 0.2) is 4.34 Å². The predicted molar refractivity (Wildman–Crippen MR) is 135 cm³/mol. The van der Waals surface area contributed by atoms with E-state index in [1.807, 2.05) is 39.1 Å². The topological polar surface area (TPSA) is 83.0 Å². The van der Waals surface area contributed by atoms with Gasteiger partial charge in [0.1, 0.15) is 10.3 Å². The van der Waals surface area contributed by atoms with Crippen LogP contribution in [-0.4, -0.2) is 57.7 Å². The van der Waals surface area contributed by atoms with Gasteiger partial charge in [-0.3, -0.25) is 4.79 Å². The lowest BCUT2D eigenvalue weighted by atomic mass is 10.2. The van der Waals surface area contributed by atoms with Gasteiger partial charge >= 0.3 is 0 Å². The number of anilines is 1. The molecule has 172 valence electrons. The number of hydrogen-bond donors (Lipinski definition) is 2. The number of hydrogen-bond acceptors (Lipinski definition) is 8. The first-order valence-electron chi connectivity index (χ1n) is 10.2. The summed E-state index contributed by atoms with van der Waals surface area (Å²) in [5.74, 6) is 0.910. The van der Waals surface area contributed by atoms with Crippen molar-refractivity contribution in [2.75, 3.05) is 31.2 Å². The average molecular weight is 514 g/mol. The smallest absolute Gasteiger partial charge is 0.230 e. The summed E-state index contributed by atoms with van der Waals surface area (Å²) < 4.78 is 0.813. The summed E-state index contributed by atoms with van der Waals surface area (Å²) in [5, 5.41) is 7.27. The first kappa shape index (κ1) is 25.0. The van der Waals surface area contributed by atoms with Crippen LogP contribution < -0.4 is 10.6 Å². The molecule has 0 aliphatic carbocycles. The number of amides is 1. The zero-order chi connectivity index (χ0) is 23.1. The second kappa shape index (κ2) is 12.0. The van der Waals surface area contributed by atoms with Crippen molar-refractivity contribution in [3.05, 3.63) is 40.0 Å². The number of carbonyl (C=O) groups is 1. The minimum Gasteiger partial charge on any atom is -0.355 e. The van der Waals surface area contributed by atoms with E-state index in [4.69, 9.17) is 23.2 Å². The summed E-state index contributed by atoms with van der Waals surface area (Å²) in [6, 6.07) is 5.92. The molecule has 1 aromatic carbocycles. The summed E-state index contributed by atoms with van der Waals surface area (Å²) in [5.41, 5.74) is 1.85. The van der Waals surface area contributed by atoms with E-state index in [9.17, 15) is 4.79 Å². The number of rotatable bonds is 11. The van der Waals surface area contributed by atoms with Crippen molar-refractivity contribution in [1.29, 1.82) is 0 Å². The second-order valence-corrected chi connectivity index (χ2v) is 10.7. The SMILES string of the molecule is CC(C)Nc1ncc2nc(SCC(=O)NCCCN(C)Cc3ccc(Cl)c(Cl)c3)sc2n1. The molecule has 1 amide bonds. The fourth-order valence-corrected chi connectivity index (χ4v) is 5.02. The van der Waals surface area contributed by atoms with Crippen LogP contribution in [0.5, 0.6) is 0 Å². The lowest BCUT2D eigenvalue weighted by Gasteiger charge is -2.17. The fourth-order valence-electron chi connectivity index (χ4n) is 2.89. The van der Waals surface area contributed by atoms with Crippen molar-refractivity contribution in [1.82, 2.24) is 25.2 Å². The molecule has 0 saturated carbocycles. The molecule has 2 N–H and O–H groups in total. The fraction of sp³-hybridized carbons (Fsp3) is 0.429. The zero-order valence-electron chi connectivity index (χ0n) is 18.2. The highest BCUT2D eigenvalue weighted by Gasteiger charge is 2.11. The highest BCUT2D eigenvalue weighted by molar-refractivity contribution is 8.01. The lowest BCUT2D eigenvalue weighted by Crippen LogP contribution is -2.29. The van der Waals surface area contributed by atoms with Crippen LogP contribution in [0.1, 0.15) is 25.8 Å². The molecule has 0 spiro atoms. The van der Waals surface area contributed by atoms with Gasteiger partial charge in [-0.2, -0.15) is 0 Å². The molecule has 0 radical (unpaired) electrons. The van der Waals surface area contributed by atoms with Crippen LogP contribution in [0.2, 0.25) is 10.0 Å². The van der Waals surface area contributed by atoms with E-state index >= 15 is 0 Å². The van der Waals surface area contributed by atoms with Crippen LogP contribution in [0.25, 0.3) is 10.3 Å². The molecule has 3 aromatic rings. The normalized spacial score (nSPS) is 11.5. The molecule has 0 unspecified atom stereocenters. The molecular formula is C21H26Cl2N6OS2. The molecule has 2 heterocycles. The highest BCUT2D eigenvalue weighted by atomic mass is 35.5. The Kier molecular flexibility index (Phi) is 9.36. The Labute approximate surface area is 206 Å². The van der Waals surface area contributed by atoms with Crippen molar-refractivity contribution in [2.45, 2.75) is 37.2 Å². The standard InChI is InChI=1S/C21H26Cl2N6OS2/c1-13(2)26-20-25-10-17-19(28-20)32-21(27-17)31-12-18(30)24-7-4-8-29(3)11-14-5-6-15(22)16(23)9-14/h5-6,9-10,13H,4,7-8,11-12H2,1-3H3,(H,24,30)(H,25,26,28). The van der Waals surface area contributed by atoms with Gasteiger partial charge in [0, 0.05) is 19.1 Å². The summed E-state index contributed by atoms with van der Waals surface area (Å²) in [4.78, 5) is 28.4. The third-order valence-corrected chi connectivity index (χ3v) is 7.20. The van der Waals surface area contributed by atoms with E-state index in [2.05, 4.69) is 30.5 Å². The van der Waals surface area contributed by atoms with Gasteiger partial charge in [0.25, 0.3) is 0 Å². The van der Waals surface area contributed by atoms with Crippen molar-refractivity contribution in [3.8, 4) is 0 Å². The number of thiazole rings is 1. The number of halogens is 2. The number of benzene rings is 1. The van der Waals surface area contributed by atoms with Gasteiger partial charge in [-0.1, -0.05) is 52.4 Å². The first-order valence-corrected chi connectivity index (χ1v) is 12.8. The van der Waals surface area contributed by atoms with E-state index in [1.165, 1.54) is 23.1 Å². The van der Waals surface area contributed by atoms with Crippen LogP contribution in [0.15, 0.2) is 28.7 Å². The predicted octanol–water partition coefficient (Wildman–Crippen LogP) is 4.94. The number of fused-ring (bicyclic) bond motifs is 1. The Balaban J connectivity index is 1.36. The van der Waals surface area contributed by atoms with E-state index in [-0.39, 0.29) is 11.9 Å². The third-order valence-electron chi connectivity index (χ3n) is 4.35. The molecular weight excluding hydrogens is 487 g/mol. The average Bonchev–Trinajstić information content (AvgIpc) is 3.14. The molecule has 0 atom stereocenters. The van der Waals surface area contributed by atoms with Crippen molar-refractivity contribution in [3.63, 3.8) is 0 Å². The number of thioether (sulfide) groups is 1. The number of aromatic nitrogens is 3. The van der Waals surface area contributed by atoms with Gasteiger partial charge in [0.2, 0.25) is 11.9 Å². The third kappa shape index (κ3) is 7.74. The molecule has 7 nitrogen and oxygen atoms in total. The molecule has 0 aliphatic heterocycles. The Morgan fingerprint density at radius 2 is 2.06 bits per heavy atom. The van der Waals surface area contributed by atoms with Gasteiger partial charge in [-0.25, -0.2) is 15.0 Å². The second-order valence-electron chi connectivity index (χ2n) is 7.64. The minimum absolute atomic E-state index is 0.00496. The Hall–Kier alpha value is -1.65. The first-order chi connectivity index (χ1) is 15.3. The van der Waals surface area contributed by atoms with Crippen molar-refractivity contribution in [2.24, 2.45) is 0 Å². The van der Waals surface area contributed by atoms with Crippen LogP contribution in [0.4, 0.5) is 5.95 Å². The molecule has 0 fully saturated rings. The van der Waals surface area contributed by atoms with E-state index in [1.54, 1.807) is 6.20 Å². The molecule has 0 bridgehead atoms. The molecule has 11 heteroatoms. The van der Waals surface area contributed by atoms with Crippen LogP contribution >= 0.6 is 46.3 Å². The van der Waals surface area contributed by atoms with Gasteiger partial charge in [-0.05, 0) is 51.6 Å². The van der Waals surface area contributed by atoms with E-state index in [0.29, 0.717) is 28.3 Å². The van der Waals surface area contributed by atoms with Crippen LogP contribution in [-0.2, 0) is 11.3 Å². The van der Waals surface area contributed by atoms with Crippen LogP contribution in [0, 0.1) is 0 Å². The molecule has 0 saturated heterocycles. The summed E-state index contributed by atoms with van der Waals surface area (Å²) >= 11 is 14.9. The number of nitrogens with one attached hydrogen (secondary N) is 2. The molecule has 0 aliphatic rings. The van der Waals surface area contributed by atoms with Crippen molar-refractivity contribution < 1.29 is 4.79 Å². The number of carbonyl (C=O) groups excluding carboxylic acids is 1.